The van der Waals surface area contributed by atoms with Crippen molar-refractivity contribution in [3.63, 3.8) is 0 Å². The average molecular weight is 410 g/mol. The lowest BCUT2D eigenvalue weighted by Gasteiger charge is -2.05. The van der Waals surface area contributed by atoms with Crippen molar-refractivity contribution in [3.05, 3.63) is 82.0 Å². The van der Waals surface area contributed by atoms with Crippen LogP contribution in [-0.4, -0.2) is 25.1 Å². The Morgan fingerprint density at radius 2 is 2.00 bits per heavy atom. The van der Waals surface area contributed by atoms with Crippen LogP contribution in [0.25, 0.3) is 5.65 Å². The maximum atomic E-state index is 12.6. The Morgan fingerprint density at radius 3 is 2.76 bits per heavy atom. The minimum atomic E-state index is -0.475. The van der Waals surface area contributed by atoms with Gasteiger partial charge in [-0.1, -0.05) is 35.4 Å². The molecule has 0 spiro atoms. The molecule has 146 valence electrons. The van der Waals surface area contributed by atoms with Crippen LogP contribution in [0.2, 0.25) is 5.02 Å². The number of hydrogen-bond acceptors (Lipinski definition) is 5. The normalized spacial score (nSPS) is 10.8. The van der Waals surface area contributed by atoms with Crippen molar-refractivity contribution in [1.82, 2.24) is 19.2 Å². The lowest BCUT2D eigenvalue weighted by Crippen LogP contribution is -2.28. The Labute approximate surface area is 170 Å². The maximum absolute atomic E-state index is 12.6. The van der Waals surface area contributed by atoms with Gasteiger partial charge in [-0.2, -0.15) is 0 Å². The van der Waals surface area contributed by atoms with E-state index in [4.69, 9.17) is 16.3 Å². The highest BCUT2D eigenvalue weighted by Crippen LogP contribution is 2.22. The summed E-state index contributed by atoms with van der Waals surface area (Å²) >= 11 is 5.92. The van der Waals surface area contributed by atoms with E-state index in [-0.39, 0.29) is 18.1 Å². The lowest BCUT2D eigenvalue weighted by atomic mass is 10.2. The molecule has 9 heteroatoms. The summed E-state index contributed by atoms with van der Waals surface area (Å²) in [5.41, 5.74) is 1.37. The van der Waals surface area contributed by atoms with Crippen LogP contribution in [0, 0.1) is 6.92 Å². The number of fused-ring (bicyclic) bond motifs is 1. The zero-order valence-corrected chi connectivity index (χ0v) is 16.1. The number of aromatic nitrogens is 4. The van der Waals surface area contributed by atoms with E-state index in [9.17, 15) is 9.59 Å². The molecule has 29 heavy (non-hydrogen) atoms. The topological polar surface area (TPSA) is 90.5 Å². The van der Waals surface area contributed by atoms with Gasteiger partial charge in [0, 0.05) is 23.1 Å². The fourth-order valence-corrected chi connectivity index (χ4v) is 2.91. The minimum Gasteiger partial charge on any atom is -0.436 e. The van der Waals surface area contributed by atoms with E-state index in [0.29, 0.717) is 16.5 Å². The Hall–Kier alpha value is -3.65. The summed E-state index contributed by atoms with van der Waals surface area (Å²) in [5.74, 6) is 0.325. The van der Waals surface area contributed by atoms with E-state index in [2.05, 4.69) is 15.4 Å². The summed E-state index contributed by atoms with van der Waals surface area (Å²) < 4.78 is 8.10. The number of carbonyl (C=O) groups excluding carboxylic acids is 1. The highest BCUT2D eigenvalue weighted by Gasteiger charge is 2.15. The van der Waals surface area contributed by atoms with Gasteiger partial charge in [-0.05, 0) is 37.3 Å². The smallest absolute Gasteiger partial charge is 0.351 e. The lowest BCUT2D eigenvalue weighted by molar-refractivity contribution is -0.117. The number of aryl methyl sites for hydroxylation is 1. The van der Waals surface area contributed by atoms with Crippen molar-refractivity contribution in [3.8, 4) is 11.6 Å². The van der Waals surface area contributed by atoms with Crippen LogP contribution in [-0.2, 0) is 11.3 Å². The summed E-state index contributed by atoms with van der Waals surface area (Å²) in [6, 6.07) is 14.1. The molecule has 0 atom stereocenters. The van der Waals surface area contributed by atoms with Crippen LogP contribution in [0.3, 0.4) is 0 Å². The van der Waals surface area contributed by atoms with Gasteiger partial charge in [-0.25, -0.2) is 18.9 Å². The molecule has 0 saturated heterocycles. The molecule has 0 unspecified atom stereocenters. The molecule has 2 aromatic heterocycles. The molecule has 4 aromatic rings. The standard InChI is InChI=1S/C20H16ClN5O3/c1-13-5-7-16(8-6-13)29-19-18-24-26(20(28)25(18)10-9-22-19)12-17(27)23-15-4-2-3-14(21)11-15/h2-11H,12H2,1H3,(H,23,27). The Kier molecular flexibility index (Phi) is 5.01. The van der Waals surface area contributed by atoms with Gasteiger partial charge in [0.05, 0.1) is 0 Å². The van der Waals surface area contributed by atoms with Crippen LogP contribution >= 0.6 is 11.6 Å². The Bertz CT molecular complexity index is 1250. The van der Waals surface area contributed by atoms with Crippen molar-refractivity contribution in [2.45, 2.75) is 13.5 Å². The van der Waals surface area contributed by atoms with Crippen molar-refractivity contribution >= 4 is 28.8 Å². The summed E-state index contributed by atoms with van der Waals surface area (Å²) in [6.45, 7) is 1.70. The third kappa shape index (κ3) is 4.12. The van der Waals surface area contributed by atoms with Gasteiger partial charge < -0.3 is 10.1 Å². The van der Waals surface area contributed by atoms with E-state index in [1.165, 1.54) is 16.8 Å². The monoisotopic (exact) mass is 409 g/mol. The van der Waals surface area contributed by atoms with Gasteiger partial charge in [0.1, 0.15) is 12.3 Å². The molecule has 4 rings (SSSR count). The number of ether oxygens (including phenoxy) is 1. The van der Waals surface area contributed by atoms with Crippen LogP contribution in [0.1, 0.15) is 5.56 Å². The molecule has 2 heterocycles. The van der Waals surface area contributed by atoms with Gasteiger partial charge in [-0.3, -0.25) is 4.79 Å². The Morgan fingerprint density at radius 1 is 1.21 bits per heavy atom. The number of nitrogens with one attached hydrogen (secondary N) is 1. The number of carbonyl (C=O) groups is 1. The number of anilines is 1. The van der Waals surface area contributed by atoms with E-state index in [1.54, 1.807) is 36.4 Å². The second-order valence-corrected chi connectivity index (χ2v) is 6.78. The first-order valence-electron chi connectivity index (χ1n) is 8.74. The maximum Gasteiger partial charge on any atom is 0.351 e. The fraction of sp³-hybridized carbons (Fsp3) is 0.100. The molecule has 1 N–H and O–H groups in total. The average Bonchev–Trinajstić information content (AvgIpc) is 3.00. The molecular formula is C20H16ClN5O3. The van der Waals surface area contributed by atoms with E-state index < -0.39 is 11.6 Å². The predicted octanol–water partition coefficient (Wildman–Crippen LogP) is 3.28. The first-order chi connectivity index (χ1) is 14.0. The van der Waals surface area contributed by atoms with Crippen LogP contribution in [0.15, 0.2) is 65.7 Å². The van der Waals surface area contributed by atoms with Crippen molar-refractivity contribution in [1.29, 1.82) is 0 Å². The highest BCUT2D eigenvalue weighted by atomic mass is 35.5. The SMILES string of the molecule is Cc1ccc(Oc2nccn3c(=O)n(CC(=O)Nc4cccc(Cl)c4)nc23)cc1. The molecule has 0 fully saturated rings. The summed E-state index contributed by atoms with van der Waals surface area (Å²) in [6.07, 6.45) is 2.91. The van der Waals surface area contributed by atoms with Crippen LogP contribution < -0.4 is 15.7 Å². The highest BCUT2D eigenvalue weighted by molar-refractivity contribution is 6.30. The molecular weight excluding hydrogens is 394 g/mol. The second-order valence-electron chi connectivity index (χ2n) is 6.34. The third-order valence-corrected chi connectivity index (χ3v) is 4.34. The van der Waals surface area contributed by atoms with Crippen molar-refractivity contribution in [2.75, 3.05) is 5.32 Å². The second kappa shape index (κ2) is 7.76. The molecule has 0 saturated carbocycles. The molecule has 0 radical (unpaired) electrons. The van der Waals surface area contributed by atoms with Gasteiger partial charge >= 0.3 is 5.69 Å². The third-order valence-electron chi connectivity index (χ3n) is 4.11. The van der Waals surface area contributed by atoms with Gasteiger partial charge in [0.2, 0.25) is 11.6 Å². The number of amides is 1. The minimum absolute atomic E-state index is 0.169. The van der Waals surface area contributed by atoms with Gasteiger partial charge in [0.15, 0.2) is 0 Å². The van der Waals surface area contributed by atoms with E-state index >= 15 is 0 Å². The molecule has 0 aliphatic carbocycles. The molecule has 0 bridgehead atoms. The van der Waals surface area contributed by atoms with E-state index in [1.807, 2.05) is 19.1 Å². The largest absolute Gasteiger partial charge is 0.436 e. The van der Waals surface area contributed by atoms with Crippen LogP contribution in [0.4, 0.5) is 5.69 Å². The Balaban J connectivity index is 1.59. The molecule has 0 aliphatic heterocycles. The molecule has 8 nitrogen and oxygen atoms in total. The summed E-state index contributed by atoms with van der Waals surface area (Å²) in [5, 5.41) is 7.40. The first-order valence-corrected chi connectivity index (χ1v) is 9.11. The predicted molar refractivity (Wildman–Crippen MR) is 109 cm³/mol. The number of rotatable bonds is 5. The first kappa shape index (κ1) is 18.7. The summed E-state index contributed by atoms with van der Waals surface area (Å²) in [4.78, 5) is 29.1. The van der Waals surface area contributed by atoms with Crippen molar-refractivity contribution in [2.24, 2.45) is 0 Å². The molecule has 0 aliphatic rings. The van der Waals surface area contributed by atoms with Gasteiger partial charge in [0.25, 0.3) is 5.88 Å². The zero-order valence-electron chi connectivity index (χ0n) is 15.4. The number of halogens is 1. The van der Waals surface area contributed by atoms with Gasteiger partial charge in [-0.15, -0.1) is 5.10 Å². The number of hydrogen-bond donors (Lipinski definition) is 1. The molecule has 2 aromatic carbocycles. The zero-order chi connectivity index (χ0) is 20.4. The number of nitrogens with zero attached hydrogens (tertiary/aromatic N) is 4. The molecule has 1 amide bonds. The van der Waals surface area contributed by atoms with Crippen molar-refractivity contribution < 1.29 is 9.53 Å². The quantitative estimate of drug-likeness (QED) is 0.546. The summed E-state index contributed by atoms with van der Waals surface area (Å²) in [7, 11) is 0. The fourth-order valence-electron chi connectivity index (χ4n) is 2.72. The van der Waals surface area contributed by atoms with E-state index in [0.717, 1.165) is 10.2 Å². The number of benzene rings is 2. The van der Waals surface area contributed by atoms with Crippen LogP contribution in [0.5, 0.6) is 11.6 Å².